The zero-order chi connectivity index (χ0) is 14.5. The SMILES string of the molecule is CCOc1ccc(CN(CC2CCCCN2)C2CC2)cc1. The molecule has 1 saturated heterocycles. The highest BCUT2D eigenvalue weighted by atomic mass is 16.5. The van der Waals surface area contributed by atoms with Crippen LogP contribution in [0.15, 0.2) is 24.3 Å². The number of ether oxygens (including phenoxy) is 1. The quantitative estimate of drug-likeness (QED) is 0.834. The molecule has 3 nitrogen and oxygen atoms in total. The van der Waals surface area contributed by atoms with E-state index in [-0.39, 0.29) is 0 Å². The van der Waals surface area contributed by atoms with Gasteiger partial charge in [0.25, 0.3) is 0 Å². The van der Waals surface area contributed by atoms with Gasteiger partial charge in [-0.1, -0.05) is 18.6 Å². The fourth-order valence-electron chi connectivity index (χ4n) is 3.24. The van der Waals surface area contributed by atoms with Gasteiger partial charge in [-0.2, -0.15) is 0 Å². The van der Waals surface area contributed by atoms with E-state index >= 15 is 0 Å². The van der Waals surface area contributed by atoms with E-state index in [2.05, 4.69) is 34.5 Å². The summed E-state index contributed by atoms with van der Waals surface area (Å²) in [6, 6.07) is 10.1. The number of rotatable bonds is 7. The molecule has 1 aliphatic carbocycles. The van der Waals surface area contributed by atoms with Gasteiger partial charge in [-0.3, -0.25) is 4.90 Å². The van der Waals surface area contributed by atoms with Crippen LogP contribution in [0.5, 0.6) is 5.75 Å². The lowest BCUT2D eigenvalue weighted by Crippen LogP contribution is -2.44. The monoisotopic (exact) mass is 288 g/mol. The molecule has 3 rings (SSSR count). The van der Waals surface area contributed by atoms with Gasteiger partial charge in [0.2, 0.25) is 0 Å². The average molecular weight is 288 g/mol. The predicted molar refractivity (Wildman–Crippen MR) is 86.7 cm³/mol. The first-order chi connectivity index (χ1) is 10.3. The number of benzene rings is 1. The Balaban J connectivity index is 1.56. The Bertz CT molecular complexity index is 421. The Hall–Kier alpha value is -1.06. The molecular formula is C18H28N2O. The molecule has 2 fully saturated rings. The third-order valence-electron chi connectivity index (χ3n) is 4.55. The summed E-state index contributed by atoms with van der Waals surface area (Å²) in [6.07, 6.45) is 6.83. The molecule has 0 radical (unpaired) electrons. The Kier molecular flexibility index (Phi) is 5.15. The standard InChI is InChI=1S/C18H28N2O/c1-2-21-18-10-6-15(7-11-18)13-20(17-8-9-17)14-16-5-3-4-12-19-16/h6-7,10-11,16-17,19H,2-5,8-9,12-14H2,1H3. The zero-order valence-electron chi connectivity index (χ0n) is 13.2. The van der Waals surface area contributed by atoms with Crippen LogP contribution in [0.25, 0.3) is 0 Å². The van der Waals surface area contributed by atoms with E-state index in [1.165, 1.54) is 50.8 Å². The van der Waals surface area contributed by atoms with Crippen molar-refractivity contribution in [2.45, 2.75) is 57.7 Å². The maximum absolute atomic E-state index is 5.52. The third-order valence-corrected chi connectivity index (χ3v) is 4.55. The van der Waals surface area contributed by atoms with Crippen molar-refractivity contribution < 1.29 is 4.74 Å². The minimum Gasteiger partial charge on any atom is -0.494 e. The predicted octanol–water partition coefficient (Wildman–Crippen LogP) is 3.19. The van der Waals surface area contributed by atoms with Crippen LogP contribution in [0.3, 0.4) is 0 Å². The van der Waals surface area contributed by atoms with Gasteiger partial charge in [0.1, 0.15) is 5.75 Å². The first kappa shape index (κ1) is 14.9. The van der Waals surface area contributed by atoms with Crippen LogP contribution < -0.4 is 10.1 Å². The van der Waals surface area contributed by atoms with E-state index in [4.69, 9.17) is 4.74 Å². The summed E-state index contributed by atoms with van der Waals surface area (Å²) in [5.74, 6) is 0.980. The van der Waals surface area contributed by atoms with Crippen molar-refractivity contribution in [2.24, 2.45) is 0 Å². The second-order valence-electron chi connectivity index (χ2n) is 6.38. The van der Waals surface area contributed by atoms with Crippen molar-refractivity contribution >= 4 is 0 Å². The van der Waals surface area contributed by atoms with E-state index in [0.717, 1.165) is 24.9 Å². The van der Waals surface area contributed by atoms with Gasteiger partial charge in [-0.15, -0.1) is 0 Å². The molecule has 0 bridgehead atoms. The lowest BCUT2D eigenvalue weighted by Gasteiger charge is -2.30. The normalized spacial score (nSPS) is 22.5. The summed E-state index contributed by atoms with van der Waals surface area (Å²) < 4.78 is 5.52. The summed E-state index contributed by atoms with van der Waals surface area (Å²) in [5.41, 5.74) is 1.40. The Labute approximate surface area is 128 Å². The van der Waals surface area contributed by atoms with E-state index in [1.807, 2.05) is 6.92 Å². The fraction of sp³-hybridized carbons (Fsp3) is 0.667. The van der Waals surface area contributed by atoms with E-state index in [9.17, 15) is 0 Å². The second kappa shape index (κ2) is 7.28. The van der Waals surface area contributed by atoms with Crippen LogP contribution in [0.4, 0.5) is 0 Å². The zero-order valence-corrected chi connectivity index (χ0v) is 13.2. The van der Waals surface area contributed by atoms with Crippen LogP contribution in [0.1, 0.15) is 44.6 Å². The van der Waals surface area contributed by atoms with Gasteiger partial charge in [-0.05, 0) is 56.8 Å². The molecule has 116 valence electrons. The molecular weight excluding hydrogens is 260 g/mol. The van der Waals surface area contributed by atoms with Crippen molar-refractivity contribution in [1.82, 2.24) is 10.2 Å². The molecule has 1 unspecified atom stereocenters. The van der Waals surface area contributed by atoms with Crippen LogP contribution in [-0.2, 0) is 6.54 Å². The van der Waals surface area contributed by atoms with Crippen LogP contribution in [-0.4, -0.2) is 36.7 Å². The Morgan fingerprint density at radius 3 is 2.57 bits per heavy atom. The maximum Gasteiger partial charge on any atom is 0.119 e. The third kappa shape index (κ3) is 4.45. The minimum absolute atomic E-state index is 0.696. The molecule has 1 atom stereocenters. The number of hydrogen-bond donors (Lipinski definition) is 1. The largest absolute Gasteiger partial charge is 0.494 e. The van der Waals surface area contributed by atoms with E-state index < -0.39 is 0 Å². The number of nitrogens with one attached hydrogen (secondary N) is 1. The van der Waals surface area contributed by atoms with Crippen LogP contribution in [0.2, 0.25) is 0 Å². The topological polar surface area (TPSA) is 24.5 Å². The molecule has 0 amide bonds. The molecule has 1 N–H and O–H groups in total. The smallest absolute Gasteiger partial charge is 0.119 e. The molecule has 2 aliphatic rings. The highest BCUT2D eigenvalue weighted by molar-refractivity contribution is 5.27. The molecule has 3 heteroatoms. The number of hydrogen-bond acceptors (Lipinski definition) is 3. The molecule has 1 heterocycles. The lowest BCUT2D eigenvalue weighted by molar-refractivity contribution is 0.208. The van der Waals surface area contributed by atoms with Crippen molar-refractivity contribution in [3.63, 3.8) is 0 Å². The van der Waals surface area contributed by atoms with E-state index in [0.29, 0.717) is 6.04 Å². The summed E-state index contributed by atoms with van der Waals surface area (Å²) in [6.45, 7) is 6.25. The molecule has 1 aromatic carbocycles. The van der Waals surface area contributed by atoms with Crippen molar-refractivity contribution in [2.75, 3.05) is 19.7 Å². The molecule has 1 aromatic rings. The van der Waals surface area contributed by atoms with Gasteiger partial charge in [0, 0.05) is 25.2 Å². The summed E-state index contributed by atoms with van der Waals surface area (Å²) in [4.78, 5) is 2.68. The fourth-order valence-corrected chi connectivity index (χ4v) is 3.24. The molecule has 1 aliphatic heterocycles. The van der Waals surface area contributed by atoms with E-state index in [1.54, 1.807) is 0 Å². The highest BCUT2D eigenvalue weighted by Gasteiger charge is 2.30. The first-order valence-electron chi connectivity index (χ1n) is 8.54. The van der Waals surface area contributed by atoms with Gasteiger partial charge < -0.3 is 10.1 Å². The minimum atomic E-state index is 0.696. The first-order valence-corrected chi connectivity index (χ1v) is 8.54. The van der Waals surface area contributed by atoms with Crippen LogP contribution >= 0.6 is 0 Å². The van der Waals surface area contributed by atoms with Crippen molar-refractivity contribution in [1.29, 1.82) is 0 Å². The molecule has 21 heavy (non-hydrogen) atoms. The Morgan fingerprint density at radius 2 is 1.95 bits per heavy atom. The van der Waals surface area contributed by atoms with Gasteiger partial charge >= 0.3 is 0 Å². The van der Waals surface area contributed by atoms with Gasteiger partial charge in [-0.25, -0.2) is 0 Å². The number of nitrogens with zero attached hydrogens (tertiary/aromatic N) is 1. The maximum atomic E-state index is 5.52. The summed E-state index contributed by atoms with van der Waals surface area (Å²) >= 11 is 0. The van der Waals surface area contributed by atoms with Crippen molar-refractivity contribution in [3.8, 4) is 5.75 Å². The number of piperidine rings is 1. The van der Waals surface area contributed by atoms with Gasteiger partial charge in [0.15, 0.2) is 0 Å². The van der Waals surface area contributed by atoms with Crippen LogP contribution in [0, 0.1) is 0 Å². The highest BCUT2D eigenvalue weighted by Crippen LogP contribution is 2.29. The average Bonchev–Trinajstić information content (AvgIpc) is 3.35. The molecule has 1 saturated carbocycles. The van der Waals surface area contributed by atoms with Gasteiger partial charge in [0.05, 0.1) is 6.61 Å². The molecule has 0 aromatic heterocycles. The second-order valence-corrected chi connectivity index (χ2v) is 6.38. The summed E-state index contributed by atoms with van der Waals surface area (Å²) in [5, 5.41) is 3.68. The Morgan fingerprint density at radius 1 is 1.14 bits per heavy atom. The van der Waals surface area contributed by atoms with Crippen molar-refractivity contribution in [3.05, 3.63) is 29.8 Å². The molecule has 0 spiro atoms. The summed E-state index contributed by atoms with van der Waals surface area (Å²) in [7, 11) is 0. The lowest BCUT2D eigenvalue weighted by atomic mass is 10.0.